The Morgan fingerprint density at radius 1 is 0.811 bits per heavy atom. The number of carbonyl (C=O) groups is 1. The Kier molecular flexibility index (Phi) is 7.22. The molecule has 4 N–H and O–H groups in total. The van der Waals surface area contributed by atoms with Gasteiger partial charge in [-0.3, -0.25) is 9.78 Å². The Labute approximate surface area is 206 Å². The van der Waals surface area contributed by atoms with Gasteiger partial charge >= 0.3 is 6.18 Å². The number of anilines is 2. The number of nitrogens with one attached hydrogen (secondary N) is 2. The van der Waals surface area contributed by atoms with E-state index in [1.54, 1.807) is 12.1 Å². The topological polar surface area (TPSA) is 119 Å². The van der Waals surface area contributed by atoms with Crippen LogP contribution < -0.4 is 16.4 Å². The van der Waals surface area contributed by atoms with Gasteiger partial charge in [-0.15, -0.1) is 0 Å². The zero-order valence-electron chi connectivity index (χ0n) is 18.9. The van der Waals surface area contributed by atoms with Crippen molar-refractivity contribution in [1.29, 1.82) is 0 Å². The summed E-state index contributed by atoms with van der Waals surface area (Å²) in [6, 6.07) is 7.06. The van der Waals surface area contributed by atoms with Gasteiger partial charge in [-0.05, 0) is 35.4 Å². The molecule has 4 aromatic rings. The summed E-state index contributed by atoms with van der Waals surface area (Å²) < 4.78 is 66.3. The fourth-order valence-electron chi connectivity index (χ4n) is 3.20. The highest BCUT2D eigenvalue weighted by molar-refractivity contribution is 5.98. The average Bonchev–Trinajstić information content (AvgIpc) is 2.88. The highest BCUT2D eigenvalue weighted by Gasteiger charge is 2.32. The van der Waals surface area contributed by atoms with Crippen LogP contribution in [-0.2, 0) is 19.3 Å². The van der Waals surface area contributed by atoms with Crippen LogP contribution in [0.5, 0.6) is 0 Å². The van der Waals surface area contributed by atoms with Gasteiger partial charge in [0.25, 0.3) is 5.91 Å². The van der Waals surface area contributed by atoms with Crippen molar-refractivity contribution in [2.45, 2.75) is 19.3 Å². The Balaban J connectivity index is 1.50. The standard InChI is InChI=1S/C24H18F5N7O/c25-17-3-1-13(5-18(17)26)7-36-23(37)16-6-15(24(27,28)29)10-35-22(16)34-9-14-2-4-19(31-8-14)20-11-33-21(30)12-32-20/h1-6,8,10-12H,7,9H2,(H2,30,33)(H,34,35)(H,36,37). The number of nitrogen functional groups attached to an aromatic ring is 1. The van der Waals surface area contributed by atoms with Crippen molar-refractivity contribution >= 4 is 17.5 Å². The van der Waals surface area contributed by atoms with Crippen LogP contribution in [0.15, 0.2) is 61.2 Å². The van der Waals surface area contributed by atoms with Gasteiger partial charge in [-0.1, -0.05) is 12.1 Å². The Morgan fingerprint density at radius 3 is 2.22 bits per heavy atom. The van der Waals surface area contributed by atoms with E-state index < -0.39 is 29.3 Å². The van der Waals surface area contributed by atoms with E-state index in [-0.39, 0.29) is 35.9 Å². The number of hydrogen-bond acceptors (Lipinski definition) is 7. The first-order chi connectivity index (χ1) is 17.6. The molecular formula is C24H18F5N7O. The minimum atomic E-state index is -4.73. The molecule has 8 nitrogen and oxygen atoms in total. The van der Waals surface area contributed by atoms with Crippen molar-refractivity contribution in [3.63, 3.8) is 0 Å². The number of hydrogen-bond donors (Lipinski definition) is 3. The molecule has 190 valence electrons. The lowest BCUT2D eigenvalue weighted by Gasteiger charge is -2.14. The lowest BCUT2D eigenvalue weighted by Crippen LogP contribution is -2.25. The van der Waals surface area contributed by atoms with Gasteiger partial charge in [0, 0.05) is 25.5 Å². The van der Waals surface area contributed by atoms with Gasteiger partial charge in [0.1, 0.15) is 17.3 Å². The van der Waals surface area contributed by atoms with E-state index >= 15 is 0 Å². The lowest BCUT2D eigenvalue weighted by molar-refractivity contribution is -0.137. The van der Waals surface area contributed by atoms with Crippen molar-refractivity contribution in [3.8, 4) is 11.4 Å². The zero-order valence-corrected chi connectivity index (χ0v) is 18.9. The number of rotatable bonds is 7. The third kappa shape index (κ3) is 6.31. The smallest absolute Gasteiger partial charge is 0.382 e. The molecule has 0 bridgehead atoms. The summed E-state index contributed by atoms with van der Waals surface area (Å²) >= 11 is 0. The molecule has 37 heavy (non-hydrogen) atoms. The number of alkyl halides is 3. The maximum atomic E-state index is 13.4. The van der Waals surface area contributed by atoms with Crippen LogP contribution in [0.1, 0.15) is 27.0 Å². The highest BCUT2D eigenvalue weighted by atomic mass is 19.4. The van der Waals surface area contributed by atoms with E-state index in [4.69, 9.17) is 5.73 Å². The largest absolute Gasteiger partial charge is 0.417 e. The molecule has 0 aliphatic rings. The average molecular weight is 515 g/mol. The molecule has 0 fully saturated rings. The van der Waals surface area contributed by atoms with E-state index in [1.807, 2.05) is 0 Å². The summed E-state index contributed by atoms with van der Waals surface area (Å²) in [6.07, 6.45) is 0.253. The van der Waals surface area contributed by atoms with Gasteiger partial charge in [-0.2, -0.15) is 13.2 Å². The molecule has 0 saturated carbocycles. The van der Waals surface area contributed by atoms with Crippen LogP contribution in [-0.4, -0.2) is 25.8 Å². The maximum absolute atomic E-state index is 13.4. The van der Waals surface area contributed by atoms with E-state index in [0.29, 0.717) is 29.2 Å². The maximum Gasteiger partial charge on any atom is 0.417 e. The Hall–Kier alpha value is -4.68. The normalized spacial score (nSPS) is 11.3. The lowest BCUT2D eigenvalue weighted by atomic mass is 10.1. The molecule has 0 unspecified atom stereocenters. The van der Waals surface area contributed by atoms with Crippen LogP contribution in [0.2, 0.25) is 0 Å². The number of pyridine rings is 2. The van der Waals surface area contributed by atoms with Crippen molar-refractivity contribution in [2.24, 2.45) is 0 Å². The number of carbonyl (C=O) groups excluding carboxylic acids is 1. The van der Waals surface area contributed by atoms with E-state index in [9.17, 15) is 26.7 Å². The van der Waals surface area contributed by atoms with Crippen molar-refractivity contribution in [1.82, 2.24) is 25.3 Å². The second-order valence-electron chi connectivity index (χ2n) is 7.78. The third-order valence-electron chi connectivity index (χ3n) is 5.12. The molecule has 0 aliphatic heterocycles. The molecule has 13 heteroatoms. The number of benzene rings is 1. The monoisotopic (exact) mass is 515 g/mol. The number of halogens is 5. The number of nitrogens with zero attached hydrogens (tertiary/aromatic N) is 4. The minimum absolute atomic E-state index is 0.0858. The van der Waals surface area contributed by atoms with Gasteiger partial charge in [0.2, 0.25) is 0 Å². The summed E-state index contributed by atoms with van der Waals surface area (Å²) in [5.74, 6) is -2.91. The third-order valence-corrected chi connectivity index (χ3v) is 5.12. The molecule has 0 saturated heterocycles. The van der Waals surface area contributed by atoms with Gasteiger partial charge < -0.3 is 16.4 Å². The molecule has 0 spiro atoms. The van der Waals surface area contributed by atoms with Gasteiger partial charge in [0.05, 0.1) is 29.2 Å². The predicted molar refractivity (Wildman–Crippen MR) is 124 cm³/mol. The summed E-state index contributed by atoms with van der Waals surface area (Å²) in [4.78, 5) is 28.9. The number of nitrogens with two attached hydrogens (primary N) is 1. The van der Waals surface area contributed by atoms with Crippen LogP contribution in [0.4, 0.5) is 33.6 Å². The first-order valence-electron chi connectivity index (χ1n) is 10.7. The second-order valence-corrected chi connectivity index (χ2v) is 7.78. The predicted octanol–water partition coefficient (Wildman–Crippen LogP) is 4.35. The first kappa shape index (κ1) is 25.4. The molecule has 1 aromatic carbocycles. The van der Waals surface area contributed by atoms with Crippen LogP contribution >= 0.6 is 0 Å². The van der Waals surface area contributed by atoms with E-state index in [2.05, 4.69) is 30.6 Å². The molecule has 4 rings (SSSR count). The van der Waals surface area contributed by atoms with Gasteiger partial charge in [0.15, 0.2) is 11.6 Å². The first-order valence-corrected chi connectivity index (χ1v) is 10.7. The van der Waals surface area contributed by atoms with Crippen molar-refractivity contribution < 1.29 is 26.7 Å². The zero-order chi connectivity index (χ0) is 26.6. The number of aromatic nitrogens is 4. The molecule has 1 amide bonds. The summed E-state index contributed by atoms with van der Waals surface area (Å²) in [5, 5.41) is 5.24. The fourth-order valence-corrected chi connectivity index (χ4v) is 3.20. The molecule has 0 radical (unpaired) electrons. The fraction of sp³-hybridized carbons (Fsp3) is 0.125. The van der Waals surface area contributed by atoms with E-state index in [0.717, 1.165) is 12.1 Å². The molecule has 0 atom stereocenters. The number of amides is 1. The SMILES string of the molecule is Nc1cnc(-c2ccc(CNc3ncc(C(F)(F)F)cc3C(=O)NCc3ccc(F)c(F)c3)cn2)cn1. The summed E-state index contributed by atoms with van der Waals surface area (Å²) in [7, 11) is 0. The molecule has 3 heterocycles. The summed E-state index contributed by atoms with van der Waals surface area (Å²) in [5.41, 5.74) is 5.92. The van der Waals surface area contributed by atoms with Gasteiger partial charge in [-0.25, -0.2) is 23.7 Å². The highest BCUT2D eigenvalue weighted by Crippen LogP contribution is 2.31. The molecule has 0 aliphatic carbocycles. The molecule has 3 aromatic heterocycles. The quantitative estimate of drug-likeness (QED) is 0.313. The van der Waals surface area contributed by atoms with Crippen LogP contribution in [0.25, 0.3) is 11.4 Å². The van der Waals surface area contributed by atoms with E-state index in [1.165, 1.54) is 24.7 Å². The van der Waals surface area contributed by atoms with Crippen LogP contribution in [0, 0.1) is 11.6 Å². The summed E-state index contributed by atoms with van der Waals surface area (Å²) in [6.45, 7) is -0.159. The minimum Gasteiger partial charge on any atom is -0.382 e. The Bertz CT molecular complexity index is 1410. The Morgan fingerprint density at radius 2 is 1.57 bits per heavy atom. The second kappa shape index (κ2) is 10.5. The van der Waals surface area contributed by atoms with Crippen molar-refractivity contribution in [2.75, 3.05) is 11.1 Å². The molecular weight excluding hydrogens is 497 g/mol. The van der Waals surface area contributed by atoms with Crippen molar-refractivity contribution in [3.05, 3.63) is 95.1 Å². The van der Waals surface area contributed by atoms with Crippen LogP contribution in [0.3, 0.4) is 0 Å².